The normalized spacial score (nSPS) is 14.4. The average Bonchev–Trinajstić information content (AvgIpc) is 2.49. The number of hydrogen-bond acceptors (Lipinski definition) is 7. The fraction of sp³-hybridized carbons (Fsp3) is 0.286. The number of hydrogen-bond donors (Lipinski definition) is 3. The molecule has 9 heteroatoms. The number of aromatic amines is 1. The van der Waals surface area contributed by atoms with Crippen molar-refractivity contribution in [2.24, 2.45) is 0 Å². The number of nitrogens with two attached hydrogens (primary N) is 1. The van der Waals surface area contributed by atoms with Gasteiger partial charge >= 0.3 is 5.69 Å². The maximum Gasteiger partial charge on any atom is 0.311 e. The topological polar surface area (TPSA) is 138 Å². The monoisotopic (exact) mass is 317 g/mol. The highest BCUT2D eigenvalue weighted by atomic mass is 16.6. The van der Waals surface area contributed by atoms with Gasteiger partial charge in [-0.1, -0.05) is 12.1 Å². The zero-order chi connectivity index (χ0) is 16.6. The number of benzene rings is 1. The number of nitrogens with zero attached hydrogens (tertiary/aromatic N) is 3. The van der Waals surface area contributed by atoms with Gasteiger partial charge in [0.1, 0.15) is 0 Å². The second-order valence-electron chi connectivity index (χ2n) is 5.38. The Labute approximate surface area is 130 Å². The third-order valence-electron chi connectivity index (χ3n) is 3.85. The quantitative estimate of drug-likeness (QED) is 0.554. The number of nitro benzene ring substituents is 1. The zero-order valence-corrected chi connectivity index (χ0v) is 12.2. The van der Waals surface area contributed by atoms with Crippen molar-refractivity contribution in [1.82, 2.24) is 14.9 Å². The van der Waals surface area contributed by atoms with Gasteiger partial charge < -0.3 is 10.8 Å². The number of aromatic hydroxyl groups is 1. The molecule has 3 rings (SSSR count). The van der Waals surface area contributed by atoms with Crippen molar-refractivity contribution >= 4 is 11.6 Å². The van der Waals surface area contributed by atoms with E-state index in [4.69, 9.17) is 5.73 Å². The lowest BCUT2D eigenvalue weighted by Gasteiger charge is -2.27. The number of para-hydroxylation sites is 1. The molecule has 0 unspecified atom stereocenters. The van der Waals surface area contributed by atoms with E-state index in [2.05, 4.69) is 9.97 Å². The maximum absolute atomic E-state index is 12.0. The number of H-pyrrole nitrogens is 1. The summed E-state index contributed by atoms with van der Waals surface area (Å²) >= 11 is 0. The van der Waals surface area contributed by atoms with Crippen molar-refractivity contribution < 1.29 is 10.0 Å². The summed E-state index contributed by atoms with van der Waals surface area (Å²) in [5, 5.41) is 20.9. The number of nitrogen functional groups attached to an aromatic ring is 1. The molecule has 2 aromatic rings. The van der Waals surface area contributed by atoms with Gasteiger partial charge in [0.05, 0.1) is 16.2 Å². The van der Waals surface area contributed by atoms with Gasteiger partial charge in [0, 0.05) is 37.7 Å². The van der Waals surface area contributed by atoms with Gasteiger partial charge in [0.25, 0.3) is 5.56 Å². The van der Waals surface area contributed by atoms with E-state index >= 15 is 0 Å². The van der Waals surface area contributed by atoms with Gasteiger partial charge in [-0.15, -0.1) is 0 Å². The Bertz CT molecular complexity index is 832. The molecule has 1 aromatic carbocycles. The summed E-state index contributed by atoms with van der Waals surface area (Å²) in [6, 6.07) is 4.41. The summed E-state index contributed by atoms with van der Waals surface area (Å²) in [6.07, 6.45) is 0.555. The van der Waals surface area contributed by atoms with Gasteiger partial charge in [-0.25, -0.2) is 4.98 Å². The summed E-state index contributed by atoms with van der Waals surface area (Å²) in [5.74, 6) is -0.244. The summed E-state index contributed by atoms with van der Waals surface area (Å²) in [4.78, 5) is 30.7. The van der Waals surface area contributed by atoms with Crippen molar-refractivity contribution in [2.45, 2.75) is 19.5 Å². The first kappa shape index (κ1) is 15.0. The molecular formula is C14H15N5O4. The molecule has 0 aliphatic carbocycles. The molecule has 0 saturated carbocycles. The lowest BCUT2D eigenvalue weighted by Crippen LogP contribution is -2.35. The molecule has 4 N–H and O–H groups in total. The van der Waals surface area contributed by atoms with E-state index in [1.165, 1.54) is 12.1 Å². The number of aromatic nitrogens is 2. The van der Waals surface area contributed by atoms with Crippen LogP contribution >= 0.6 is 0 Å². The predicted molar refractivity (Wildman–Crippen MR) is 81.8 cm³/mol. The van der Waals surface area contributed by atoms with E-state index in [9.17, 15) is 20.0 Å². The molecule has 120 valence electrons. The van der Waals surface area contributed by atoms with Crippen molar-refractivity contribution in [2.75, 3.05) is 12.3 Å². The second-order valence-corrected chi connectivity index (χ2v) is 5.38. The van der Waals surface area contributed by atoms with Crippen molar-refractivity contribution in [1.29, 1.82) is 0 Å². The molecule has 1 aliphatic heterocycles. The van der Waals surface area contributed by atoms with Crippen LogP contribution in [0.15, 0.2) is 23.0 Å². The molecule has 0 atom stereocenters. The first-order chi connectivity index (χ1) is 11.0. The molecule has 9 nitrogen and oxygen atoms in total. The van der Waals surface area contributed by atoms with E-state index in [-0.39, 0.29) is 22.9 Å². The second kappa shape index (κ2) is 5.69. The standard InChI is InChI=1S/C14H15N5O4/c15-14-16-10-4-5-18(7-9(10)13(21)17-14)6-8-2-1-3-11(12(8)20)19(22)23/h1-3,20H,4-7H2,(H3,15,16,17,21). The van der Waals surface area contributed by atoms with Gasteiger partial charge in [0.15, 0.2) is 5.75 Å². The molecule has 0 bridgehead atoms. The molecule has 0 saturated heterocycles. The summed E-state index contributed by atoms with van der Waals surface area (Å²) in [7, 11) is 0. The first-order valence-electron chi connectivity index (χ1n) is 7.01. The molecule has 0 amide bonds. The minimum Gasteiger partial charge on any atom is -0.502 e. The van der Waals surface area contributed by atoms with E-state index < -0.39 is 4.92 Å². The van der Waals surface area contributed by atoms with Crippen LogP contribution in [0.2, 0.25) is 0 Å². The molecule has 23 heavy (non-hydrogen) atoms. The van der Waals surface area contributed by atoms with Crippen LogP contribution in [-0.4, -0.2) is 31.4 Å². The van der Waals surface area contributed by atoms with Crippen molar-refractivity contribution in [3.63, 3.8) is 0 Å². The van der Waals surface area contributed by atoms with Crippen LogP contribution < -0.4 is 11.3 Å². The predicted octanol–water partition coefficient (Wildman–Crippen LogP) is 0.524. The Morgan fingerprint density at radius 3 is 3.00 bits per heavy atom. The number of nitrogens with one attached hydrogen (secondary N) is 1. The number of anilines is 1. The fourth-order valence-electron chi connectivity index (χ4n) is 2.73. The SMILES string of the molecule is Nc1nc2c(c(=O)[nH]1)CN(Cc1cccc([N+](=O)[O-])c1O)CC2. The van der Waals surface area contributed by atoms with Crippen molar-refractivity contribution in [3.05, 3.63) is 55.5 Å². The molecule has 1 aromatic heterocycles. The fourth-order valence-corrected chi connectivity index (χ4v) is 2.73. The van der Waals surface area contributed by atoms with Crippen LogP contribution in [0.25, 0.3) is 0 Å². The molecule has 2 heterocycles. The number of rotatable bonds is 3. The van der Waals surface area contributed by atoms with Crippen LogP contribution in [-0.2, 0) is 19.5 Å². The van der Waals surface area contributed by atoms with Gasteiger partial charge in [0.2, 0.25) is 5.95 Å². The highest BCUT2D eigenvalue weighted by molar-refractivity contribution is 5.50. The van der Waals surface area contributed by atoms with E-state index in [0.29, 0.717) is 42.9 Å². The lowest BCUT2D eigenvalue weighted by molar-refractivity contribution is -0.385. The highest BCUT2D eigenvalue weighted by Crippen LogP contribution is 2.30. The Hall–Kier alpha value is -2.94. The van der Waals surface area contributed by atoms with E-state index in [1.807, 2.05) is 4.90 Å². The van der Waals surface area contributed by atoms with E-state index in [0.717, 1.165) is 0 Å². The van der Waals surface area contributed by atoms with Crippen LogP contribution in [0.1, 0.15) is 16.8 Å². The van der Waals surface area contributed by atoms with Crippen LogP contribution in [0.3, 0.4) is 0 Å². The molecular weight excluding hydrogens is 302 g/mol. The number of fused-ring (bicyclic) bond motifs is 1. The summed E-state index contributed by atoms with van der Waals surface area (Å²) < 4.78 is 0. The highest BCUT2D eigenvalue weighted by Gasteiger charge is 2.23. The number of phenols is 1. The van der Waals surface area contributed by atoms with Gasteiger partial charge in [-0.3, -0.25) is 24.8 Å². The largest absolute Gasteiger partial charge is 0.502 e. The first-order valence-corrected chi connectivity index (χ1v) is 7.01. The third kappa shape index (κ3) is 2.86. The summed E-state index contributed by atoms with van der Waals surface area (Å²) in [6.45, 7) is 1.27. The van der Waals surface area contributed by atoms with Crippen molar-refractivity contribution in [3.8, 4) is 5.75 Å². The Morgan fingerprint density at radius 2 is 2.26 bits per heavy atom. The molecule has 0 fully saturated rings. The van der Waals surface area contributed by atoms with Crippen LogP contribution in [0, 0.1) is 10.1 Å². The maximum atomic E-state index is 12.0. The number of phenolic OH excluding ortho intramolecular Hbond substituents is 1. The molecule has 0 spiro atoms. The minimum atomic E-state index is -0.623. The molecule has 1 aliphatic rings. The Balaban J connectivity index is 1.85. The molecule has 0 radical (unpaired) electrons. The lowest BCUT2D eigenvalue weighted by atomic mass is 10.1. The third-order valence-corrected chi connectivity index (χ3v) is 3.85. The summed E-state index contributed by atoms with van der Waals surface area (Å²) in [5.41, 5.74) is 6.58. The number of nitro groups is 1. The van der Waals surface area contributed by atoms with E-state index in [1.54, 1.807) is 6.07 Å². The van der Waals surface area contributed by atoms with Gasteiger partial charge in [-0.05, 0) is 0 Å². The van der Waals surface area contributed by atoms with Crippen LogP contribution in [0.5, 0.6) is 5.75 Å². The average molecular weight is 317 g/mol. The van der Waals surface area contributed by atoms with Gasteiger partial charge in [-0.2, -0.15) is 0 Å². The Morgan fingerprint density at radius 1 is 1.48 bits per heavy atom. The zero-order valence-electron chi connectivity index (χ0n) is 12.2. The Kier molecular flexibility index (Phi) is 3.70. The minimum absolute atomic E-state index is 0.0959. The smallest absolute Gasteiger partial charge is 0.311 e. The van der Waals surface area contributed by atoms with Crippen LogP contribution in [0.4, 0.5) is 11.6 Å².